The average Bonchev–Trinajstić information content (AvgIpc) is 2.98. The molecule has 0 aliphatic rings. The summed E-state index contributed by atoms with van der Waals surface area (Å²) in [6, 6.07) is 16.7. The summed E-state index contributed by atoms with van der Waals surface area (Å²) in [5.74, 6) is 0. The van der Waals surface area contributed by atoms with Crippen LogP contribution >= 0.6 is 22.9 Å². The summed E-state index contributed by atoms with van der Waals surface area (Å²) in [5.41, 5.74) is 0.900. The van der Waals surface area contributed by atoms with Gasteiger partial charge < -0.3 is 0 Å². The quantitative estimate of drug-likeness (QED) is 0.704. The molecule has 3 aromatic rings. The first-order valence-electron chi connectivity index (χ1n) is 5.92. The maximum absolute atomic E-state index is 12.5. The van der Waals surface area contributed by atoms with Crippen molar-refractivity contribution in [3.63, 3.8) is 0 Å². The van der Waals surface area contributed by atoms with Gasteiger partial charge in [0.2, 0.25) is 0 Å². The van der Waals surface area contributed by atoms with Crippen molar-refractivity contribution in [1.82, 2.24) is 4.98 Å². The third-order valence-electron chi connectivity index (χ3n) is 2.71. The first-order valence-corrected chi connectivity index (χ1v) is 8.27. The van der Waals surface area contributed by atoms with Gasteiger partial charge in [-0.1, -0.05) is 17.7 Å². The van der Waals surface area contributed by atoms with Crippen LogP contribution in [0.25, 0.3) is 10.6 Å². The number of hydrogen-bond acceptors (Lipinski definition) is 3. The molecule has 0 unspecified atom stereocenters. The molecule has 2 aromatic heterocycles. The normalized spacial score (nSPS) is 12.2. The van der Waals surface area contributed by atoms with Crippen LogP contribution in [0.1, 0.15) is 0 Å². The molecule has 1 atom stereocenters. The Hall–Kier alpha value is -1.49. The molecule has 0 radical (unpaired) electrons. The molecule has 0 aliphatic carbocycles. The highest BCUT2D eigenvalue weighted by atomic mass is 35.5. The molecule has 3 rings (SSSR count). The zero-order valence-corrected chi connectivity index (χ0v) is 12.7. The molecule has 0 saturated heterocycles. The predicted molar refractivity (Wildman–Crippen MR) is 83.7 cm³/mol. The zero-order chi connectivity index (χ0) is 13.9. The molecule has 2 heterocycles. The van der Waals surface area contributed by atoms with E-state index in [1.165, 1.54) is 11.3 Å². The van der Waals surface area contributed by atoms with E-state index in [4.69, 9.17) is 11.6 Å². The van der Waals surface area contributed by atoms with Crippen LogP contribution in [0, 0.1) is 0 Å². The van der Waals surface area contributed by atoms with E-state index in [0.717, 1.165) is 19.7 Å². The van der Waals surface area contributed by atoms with Gasteiger partial charge in [0.05, 0.1) is 25.6 Å². The molecule has 100 valence electrons. The van der Waals surface area contributed by atoms with Crippen LogP contribution in [0.4, 0.5) is 0 Å². The largest absolute Gasteiger partial charge is 0.255 e. The molecular weight excluding hydrogens is 310 g/mol. The molecule has 0 saturated carbocycles. The van der Waals surface area contributed by atoms with Crippen LogP contribution in [0.2, 0.25) is 5.02 Å². The first-order chi connectivity index (χ1) is 9.74. The second-order valence-corrected chi connectivity index (χ2v) is 7.28. The first kappa shape index (κ1) is 13.5. The van der Waals surface area contributed by atoms with Crippen molar-refractivity contribution >= 4 is 33.7 Å². The van der Waals surface area contributed by atoms with Gasteiger partial charge in [-0.2, -0.15) is 0 Å². The topological polar surface area (TPSA) is 30.0 Å². The number of rotatable bonds is 3. The van der Waals surface area contributed by atoms with Crippen molar-refractivity contribution in [2.75, 3.05) is 0 Å². The number of aromatic nitrogens is 1. The second kappa shape index (κ2) is 5.87. The highest BCUT2D eigenvalue weighted by Crippen LogP contribution is 2.30. The van der Waals surface area contributed by atoms with E-state index < -0.39 is 10.8 Å². The second-order valence-electron chi connectivity index (χ2n) is 4.06. The molecule has 0 fully saturated rings. The van der Waals surface area contributed by atoms with Gasteiger partial charge in [-0.3, -0.25) is 4.98 Å². The fourth-order valence-corrected chi connectivity index (χ4v) is 4.25. The Bertz CT molecular complexity index is 738. The number of nitrogens with zero attached hydrogens (tertiary/aromatic N) is 1. The monoisotopic (exact) mass is 319 g/mol. The average molecular weight is 320 g/mol. The molecule has 0 spiro atoms. The van der Waals surface area contributed by atoms with Gasteiger partial charge in [-0.25, -0.2) is 4.21 Å². The lowest BCUT2D eigenvalue weighted by Gasteiger charge is -1.99. The highest BCUT2D eigenvalue weighted by molar-refractivity contribution is 7.87. The van der Waals surface area contributed by atoms with E-state index in [0.29, 0.717) is 5.02 Å². The van der Waals surface area contributed by atoms with Crippen LogP contribution in [0.15, 0.2) is 69.9 Å². The van der Waals surface area contributed by atoms with Gasteiger partial charge in [0.15, 0.2) is 0 Å². The number of hydrogen-bond donors (Lipinski definition) is 0. The summed E-state index contributed by atoms with van der Waals surface area (Å²) < 4.78 is 13.3. The van der Waals surface area contributed by atoms with Gasteiger partial charge in [-0.15, -0.1) is 11.3 Å². The molecule has 0 aliphatic heterocycles. The van der Waals surface area contributed by atoms with Crippen molar-refractivity contribution in [3.8, 4) is 10.6 Å². The SMILES string of the molecule is O=[S@](c1ccc(Cl)cc1)c1ccc(-c2ccccn2)s1. The number of pyridine rings is 1. The van der Waals surface area contributed by atoms with Crippen molar-refractivity contribution in [1.29, 1.82) is 0 Å². The Balaban J connectivity index is 1.90. The lowest BCUT2D eigenvalue weighted by molar-refractivity contribution is 0.684. The predicted octanol–water partition coefficient (Wildman–Crippen LogP) is 4.63. The molecule has 0 bridgehead atoms. The fourth-order valence-electron chi connectivity index (χ4n) is 1.74. The molecule has 0 amide bonds. The van der Waals surface area contributed by atoms with E-state index in [9.17, 15) is 4.21 Å². The third kappa shape index (κ3) is 2.82. The molecule has 20 heavy (non-hydrogen) atoms. The van der Waals surface area contributed by atoms with Crippen molar-refractivity contribution in [3.05, 3.63) is 65.8 Å². The molecule has 0 N–H and O–H groups in total. The van der Waals surface area contributed by atoms with Crippen LogP contribution in [-0.2, 0) is 10.8 Å². The summed E-state index contributed by atoms with van der Waals surface area (Å²) in [5, 5.41) is 0.645. The molecule has 2 nitrogen and oxygen atoms in total. The highest BCUT2D eigenvalue weighted by Gasteiger charge is 2.11. The van der Waals surface area contributed by atoms with E-state index >= 15 is 0 Å². The van der Waals surface area contributed by atoms with Crippen LogP contribution in [0.3, 0.4) is 0 Å². The number of benzene rings is 1. The summed E-state index contributed by atoms with van der Waals surface area (Å²) in [4.78, 5) is 6.07. The van der Waals surface area contributed by atoms with Gasteiger partial charge in [0.25, 0.3) is 0 Å². The lowest BCUT2D eigenvalue weighted by atomic mass is 10.3. The molecular formula is C15H10ClNOS2. The minimum atomic E-state index is -1.18. The Morgan fingerprint density at radius 1 is 1.00 bits per heavy atom. The zero-order valence-electron chi connectivity index (χ0n) is 10.3. The van der Waals surface area contributed by atoms with E-state index in [1.54, 1.807) is 30.5 Å². The summed E-state index contributed by atoms with van der Waals surface area (Å²) >= 11 is 7.34. The standard InChI is InChI=1S/C15H10ClNOS2/c16-11-4-6-12(7-5-11)20(18)15-9-8-14(19-15)13-3-1-2-10-17-13/h1-10H/t20-/m1/s1. The maximum Gasteiger partial charge on any atom is 0.0967 e. The van der Waals surface area contributed by atoms with E-state index in [1.807, 2.05) is 30.3 Å². The Morgan fingerprint density at radius 3 is 2.50 bits per heavy atom. The number of thiophene rings is 1. The Morgan fingerprint density at radius 2 is 1.80 bits per heavy atom. The lowest BCUT2D eigenvalue weighted by Crippen LogP contribution is -1.88. The summed E-state index contributed by atoms with van der Waals surface area (Å²) in [6.07, 6.45) is 1.75. The van der Waals surface area contributed by atoms with Crippen LogP contribution < -0.4 is 0 Å². The minimum absolute atomic E-state index is 0.645. The maximum atomic E-state index is 12.5. The smallest absolute Gasteiger partial charge is 0.0967 e. The van der Waals surface area contributed by atoms with Crippen molar-refractivity contribution in [2.24, 2.45) is 0 Å². The Kier molecular flexibility index (Phi) is 3.96. The van der Waals surface area contributed by atoms with E-state index in [2.05, 4.69) is 4.98 Å². The molecule has 5 heteroatoms. The Labute approximate surface area is 128 Å². The van der Waals surface area contributed by atoms with Gasteiger partial charge in [0.1, 0.15) is 0 Å². The van der Waals surface area contributed by atoms with Gasteiger partial charge >= 0.3 is 0 Å². The third-order valence-corrected chi connectivity index (χ3v) is 5.77. The summed E-state index contributed by atoms with van der Waals surface area (Å²) in [6.45, 7) is 0. The van der Waals surface area contributed by atoms with Gasteiger partial charge in [-0.05, 0) is 48.5 Å². The van der Waals surface area contributed by atoms with E-state index in [-0.39, 0.29) is 0 Å². The van der Waals surface area contributed by atoms with Crippen molar-refractivity contribution < 1.29 is 4.21 Å². The summed E-state index contributed by atoms with van der Waals surface area (Å²) in [7, 11) is -1.18. The molecule has 1 aromatic carbocycles. The minimum Gasteiger partial charge on any atom is -0.255 e. The van der Waals surface area contributed by atoms with Gasteiger partial charge in [0, 0.05) is 16.1 Å². The fraction of sp³-hybridized carbons (Fsp3) is 0. The number of halogens is 1. The van der Waals surface area contributed by atoms with Crippen LogP contribution in [-0.4, -0.2) is 9.19 Å². The van der Waals surface area contributed by atoms with Crippen LogP contribution in [0.5, 0.6) is 0 Å². The van der Waals surface area contributed by atoms with Crippen molar-refractivity contribution in [2.45, 2.75) is 9.10 Å².